The van der Waals surface area contributed by atoms with E-state index in [1.807, 2.05) is 18.2 Å². The van der Waals surface area contributed by atoms with Gasteiger partial charge in [0.1, 0.15) is 12.1 Å². The molecule has 0 aliphatic carbocycles. The van der Waals surface area contributed by atoms with Gasteiger partial charge in [-0.05, 0) is 41.8 Å². The second kappa shape index (κ2) is 5.74. The standard InChI is InChI=1S/C18H12FN3/c1-12-14(15-5-3-2-4-13(15)10-20)6-7-16(18(12)19)17-8-9-21-11-22-17/h2-9,11H,1H3. The van der Waals surface area contributed by atoms with Crippen LogP contribution in [0, 0.1) is 24.1 Å². The lowest BCUT2D eigenvalue weighted by atomic mass is 9.94. The first kappa shape index (κ1) is 13.9. The normalized spacial score (nSPS) is 10.2. The molecule has 0 unspecified atom stereocenters. The molecule has 1 aromatic heterocycles. The predicted octanol–water partition coefficient (Wildman–Crippen LogP) is 4.13. The molecule has 0 atom stereocenters. The molecule has 22 heavy (non-hydrogen) atoms. The first-order valence-electron chi connectivity index (χ1n) is 6.77. The van der Waals surface area contributed by atoms with Crippen LogP contribution in [-0.2, 0) is 0 Å². The van der Waals surface area contributed by atoms with E-state index in [9.17, 15) is 9.65 Å². The van der Waals surface area contributed by atoms with Crippen LogP contribution in [0.4, 0.5) is 4.39 Å². The van der Waals surface area contributed by atoms with E-state index in [4.69, 9.17) is 0 Å². The quantitative estimate of drug-likeness (QED) is 0.712. The van der Waals surface area contributed by atoms with Gasteiger partial charge in [0.15, 0.2) is 0 Å². The summed E-state index contributed by atoms with van der Waals surface area (Å²) in [6, 6.07) is 14.5. The molecule has 3 nitrogen and oxygen atoms in total. The van der Waals surface area contributed by atoms with Crippen molar-refractivity contribution in [2.45, 2.75) is 6.92 Å². The van der Waals surface area contributed by atoms with Crippen LogP contribution in [0.25, 0.3) is 22.4 Å². The van der Waals surface area contributed by atoms with E-state index in [-0.39, 0.29) is 5.82 Å². The highest BCUT2D eigenvalue weighted by Crippen LogP contribution is 2.32. The highest BCUT2D eigenvalue weighted by atomic mass is 19.1. The lowest BCUT2D eigenvalue weighted by molar-refractivity contribution is 0.622. The fourth-order valence-electron chi connectivity index (χ4n) is 2.44. The zero-order valence-electron chi connectivity index (χ0n) is 11.9. The summed E-state index contributed by atoms with van der Waals surface area (Å²) in [5.41, 5.74) is 3.44. The summed E-state index contributed by atoms with van der Waals surface area (Å²) in [4.78, 5) is 7.92. The molecule has 4 heteroatoms. The van der Waals surface area contributed by atoms with Crippen molar-refractivity contribution in [3.63, 3.8) is 0 Å². The molecule has 0 fully saturated rings. The van der Waals surface area contributed by atoms with E-state index in [1.165, 1.54) is 6.33 Å². The van der Waals surface area contributed by atoms with Gasteiger partial charge in [-0.3, -0.25) is 0 Å². The summed E-state index contributed by atoms with van der Waals surface area (Å²) >= 11 is 0. The number of hydrogen-bond acceptors (Lipinski definition) is 3. The minimum absolute atomic E-state index is 0.330. The van der Waals surface area contributed by atoms with Crippen LogP contribution in [0.5, 0.6) is 0 Å². The lowest BCUT2D eigenvalue weighted by Crippen LogP contribution is -1.95. The van der Waals surface area contributed by atoms with Crippen LogP contribution < -0.4 is 0 Å². The molecule has 3 rings (SSSR count). The smallest absolute Gasteiger partial charge is 0.136 e. The third-order valence-electron chi connectivity index (χ3n) is 3.58. The van der Waals surface area contributed by atoms with E-state index in [0.717, 1.165) is 5.56 Å². The molecular formula is C18H12FN3. The van der Waals surface area contributed by atoms with Crippen LogP contribution in [0.2, 0.25) is 0 Å². The zero-order chi connectivity index (χ0) is 15.5. The summed E-state index contributed by atoms with van der Waals surface area (Å²) in [5.74, 6) is -0.330. The third-order valence-corrected chi connectivity index (χ3v) is 3.58. The zero-order valence-corrected chi connectivity index (χ0v) is 11.9. The summed E-state index contributed by atoms with van der Waals surface area (Å²) in [5, 5.41) is 9.21. The molecule has 0 aliphatic rings. The van der Waals surface area contributed by atoms with Gasteiger partial charge in [0.2, 0.25) is 0 Å². The highest BCUT2D eigenvalue weighted by Gasteiger charge is 2.15. The molecule has 106 valence electrons. The molecule has 0 saturated heterocycles. The molecule has 1 heterocycles. The number of halogens is 1. The number of hydrogen-bond donors (Lipinski definition) is 0. The second-order valence-electron chi connectivity index (χ2n) is 4.85. The summed E-state index contributed by atoms with van der Waals surface area (Å²) in [7, 11) is 0. The van der Waals surface area contributed by atoms with Gasteiger partial charge < -0.3 is 0 Å². The Hall–Kier alpha value is -3.06. The maximum atomic E-state index is 14.7. The maximum absolute atomic E-state index is 14.7. The van der Waals surface area contributed by atoms with Gasteiger partial charge in [-0.2, -0.15) is 5.26 Å². The SMILES string of the molecule is Cc1c(-c2ccccc2C#N)ccc(-c2ccncn2)c1F. The van der Waals surface area contributed by atoms with Crippen LogP contribution in [0.3, 0.4) is 0 Å². The molecule has 0 bridgehead atoms. The number of nitriles is 1. The van der Waals surface area contributed by atoms with Gasteiger partial charge in [-0.1, -0.05) is 24.3 Å². The molecule has 0 amide bonds. The van der Waals surface area contributed by atoms with Gasteiger partial charge in [0.05, 0.1) is 17.3 Å². The van der Waals surface area contributed by atoms with E-state index in [2.05, 4.69) is 16.0 Å². The van der Waals surface area contributed by atoms with Crippen molar-refractivity contribution in [2.75, 3.05) is 0 Å². The minimum atomic E-state index is -0.330. The number of nitrogens with zero attached hydrogens (tertiary/aromatic N) is 3. The van der Waals surface area contributed by atoms with Gasteiger partial charge in [0.25, 0.3) is 0 Å². The van der Waals surface area contributed by atoms with Crippen LogP contribution in [-0.4, -0.2) is 9.97 Å². The van der Waals surface area contributed by atoms with E-state index in [1.54, 1.807) is 37.4 Å². The van der Waals surface area contributed by atoms with Crippen molar-refractivity contribution in [2.24, 2.45) is 0 Å². The first-order chi connectivity index (χ1) is 10.7. The Kier molecular flexibility index (Phi) is 3.63. The van der Waals surface area contributed by atoms with Gasteiger partial charge in [0, 0.05) is 11.8 Å². The van der Waals surface area contributed by atoms with Crippen LogP contribution in [0.15, 0.2) is 55.0 Å². The molecular weight excluding hydrogens is 277 g/mol. The van der Waals surface area contributed by atoms with Crippen molar-refractivity contribution in [3.8, 4) is 28.5 Å². The van der Waals surface area contributed by atoms with Crippen molar-refractivity contribution in [1.82, 2.24) is 9.97 Å². The van der Waals surface area contributed by atoms with Gasteiger partial charge in [-0.25, -0.2) is 14.4 Å². The Morgan fingerprint density at radius 2 is 1.77 bits per heavy atom. The van der Waals surface area contributed by atoms with Crippen molar-refractivity contribution in [1.29, 1.82) is 5.26 Å². The largest absolute Gasteiger partial charge is 0.245 e. The van der Waals surface area contributed by atoms with Crippen LogP contribution >= 0.6 is 0 Å². The molecule has 3 aromatic rings. The van der Waals surface area contributed by atoms with Crippen molar-refractivity contribution in [3.05, 3.63) is 71.9 Å². The predicted molar refractivity (Wildman–Crippen MR) is 82.3 cm³/mol. The summed E-state index contributed by atoms with van der Waals surface area (Å²) < 4.78 is 14.7. The van der Waals surface area contributed by atoms with Crippen molar-refractivity contribution >= 4 is 0 Å². The number of benzene rings is 2. The number of rotatable bonds is 2. The fourth-order valence-corrected chi connectivity index (χ4v) is 2.44. The van der Waals surface area contributed by atoms with Crippen LogP contribution in [0.1, 0.15) is 11.1 Å². The lowest BCUT2D eigenvalue weighted by Gasteiger charge is -2.12. The number of aromatic nitrogens is 2. The fraction of sp³-hybridized carbons (Fsp3) is 0.0556. The molecule has 0 N–H and O–H groups in total. The maximum Gasteiger partial charge on any atom is 0.136 e. The summed E-state index contributed by atoms with van der Waals surface area (Å²) in [6.07, 6.45) is 2.97. The Labute approximate surface area is 127 Å². The molecule has 2 aromatic carbocycles. The third kappa shape index (κ3) is 2.33. The average Bonchev–Trinajstić information content (AvgIpc) is 2.58. The Bertz CT molecular complexity index is 867. The highest BCUT2D eigenvalue weighted by molar-refractivity contribution is 5.76. The topological polar surface area (TPSA) is 49.6 Å². The van der Waals surface area contributed by atoms with E-state index in [0.29, 0.717) is 27.9 Å². The molecule has 0 radical (unpaired) electrons. The van der Waals surface area contributed by atoms with Crippen molar-refractivity contribution < 1.29 is 4.39 Å². The Morgan fingerprint density at radius 1 is 1.00 bits per heavy atom. The van der Waals surface area contributed by atoms with Gasteiger partial charge in [-0.15, -0.1) is 0 Å². The molecule has 0 saturated carbocycles. The van der Waals surface area contributed by atoms with E-state index < -0.39 is 0 Å². The second-order valence-corrected chi connectivity index (χ2v) is 4.85. The summed E-state index contributed by atoms with van der Waals surface area (Å²) in [6.45, 7) is 1.71. The van der Waals surface area contributed by atoms with E-state index >= 15 is 0 Å². The Morgan fingerprint density at radius 3 is 2.50 bits per heavy atom. The van der Waals surface area contributed by atoms with Gasteiger partial charge >= 0.3 is 0 Å². The first-order valence-corrected chi connectivity index (χ1v) is 6.77. The molecule has 0 spiro atoms. The minimum Gasteiger partial charge on any atom is -0.245 e. The Balaban J connectivity index is 2.18. The monoisotopic (exact) mass is 289 g/mol. The average molecular weight is 289 g/mol. The molecule has 0 aliphatic heterocycles.